The van der Waals surface area contributed by atoms with Crippen LogP contribution in [0, 0.1) is 13.8 Å². The van der Waals surface area contributed by atoms with E-state index >= 15 is 0 Å². The summed E-state index contributed by atoms with van der Waals surface area (Å²) in [5.74, 6) is 0.865. The molecule has 176 valence electrons. The molecule has 4 rings (SSSR count). The van der Waals surface area contributed by atoms with Crippen molar-refractivity contribution in [3.63, 3.8) is 0 Å². The van der Waals surface area contributed by atoms with Crippen molar-refractivity contribution in [2.24, 2.45) is 0 Å². The highest BCUT2D eigenvalue weighted by Gasteiger charge is 2.31. The van der Waals surface area contributed by atoms with Crippen molar-refractivity contribution in [1.82, 2.24) is 14.8 Å². The zero-order valence-corrected chi connectivity index (χ0v) is 19.3. The molecule has 10 heteroatoms. The van der Waals surface area contributed by atoms with Gasteiger partial charge in [-0.25, -0.2) is 0 Å². The minimum Gasteiger partial charge on any atom is -0.497 e. The molecular formula is C24H20F3N3O3S. The number of halogens is 3. The normalized spacial score (nSPS) is 11.6. The Morgan fingerprint density at radius 1 is 1.09 bits per heavy atom. The van der Waals surface area contributed by atoms with Crippen LogP contribution in [0.3, 0.4) is 0 Å². The van der Waals surface area contributed by atoms with Gasteiger partial charge in [-0.2, -0.15) is 13.2 Å². The lowest BCUT2D eigenvalue weighted by Crippen LogP contribution is -2.08. The van der Waals surface area contributed by atoms with Crippen LogP contribution in [0.25, 0.3) is 17.1 Å². The van der Waals surface area contributed by atoms with Crippen LogP contribution in [0.15, 0.2) is 64.2 Å². The summed E-state index contributed by atoms with van der Waals surface area (Å²) >= 11 is 1.10. The summed E-state index contributed by atoms with van der Waals surface area (Å²) in [5.41, 5.74) is 1.97. The molecule has 0 aliphatic carbocycles. The molecule has 0 aliphatic rings. The van der Waals surface area contributed by atoms with E-state index in [0.29, 0.717) is 34.3 Å². The van der Waals surface area contributed by atoms with Gasteiger partial charge in [0.1, 0.15) is 5.75 Å². The van der Waals surface area contributed by atoms with Crippen molar-refractivity contribution in [1.29, 1.82) is 0 Å². The van der Waals surface area contributed by atoms with E-state index in [-0.39, 0.29) is 16.8 Å². The van der Waals surface area contributed by atoms with Gasteiger partial charge in [0.2, 0.25) is 5.89 Å². The maximum atomic E-state index is 13.1. The summed E-state index contributed by atoms with van der Waals surface area (Å²) in [6.45, 7) is 3.45. The van der Waals surface area contributed by atoms with Crippen LogP contribution in [0.4, 0.5) is 13.2 Å². The fourth-order valence-corrected chi connectivity index (χ4v) is 4.23. The minimum absolute atomic E-state index is 0.0388. The molecule has 0 saturated carbocycles. The van der Waals surface area contributed by atoms with Gasteiger partial charge in [-0.3, -0.25) is 4.79 Å². The maximum Gasteiger partial charge on any atom is 0.416 e. The highest BCUT2D eigenvalue weighted by Crippen LogP contribution is 2.32. The summed E-state index contributed by atoms with van der Waals surface area (Å²) in [7, 11) is 1.57. The minimum atomic E-state index is -4.45. The molecule has 0 atom stereocenters. The van der Waals surface area contributed by atoms with Crippen molar-refractivity contribution < 1.29 is 27.1 Å². The fourth-order valence-electron chi connectivity index (χ4n) is 3.59. The third-order valence-electron chi connectivity index (χ3n) is 5.23. The molecular weight excluding hydrogens is 467 g/mol. The van der Waals surface area contributed by atoms with Crippen LogP contribution in [-0.2, 0) is 6.18 Å². The number of benzene rings is 2. The first-order valence-corrected chi connectivity index (χ1v) is 11.2. The number of aryl methyl sites for hydroxylation is 1. The smallest absolute Gasteiger partial charge is 0.416 e. The third kappa shape index (κ3) is 4.86. The third-order valence-corrected chi connectivity index (χ3v) is 6.05. The van der Waals surface area contributed by atoms with Crippen molar-refractivity contribution in [2.75, 3.05) is 12.9 Å². The van der Waals surface area contributed by atoms with Crippen molar-refractivity contribution >= 4 is 17.5 Å². The average molecular weight is 488 g/mol. The number of thioether (sulfide) groups is 1. The van der Waals surface area contributed by atoms with Gasteiger partial charge >= 0.3 is 6.18 Å². The van der Waals surface area contributed by atoms with Gasteiger partial charge in [-0.05, 0) is 62.4 Å². The number of rotatable bonds is 7. The number of hydrogen-bond donors (Lipinski definition) is 0. The topological polar surface area (TPSA) is 70.2 Å². The van der Waals surface area contributed by atoms with Crippen LogP contribution >= 0.6 is 11.8 Å². The fraction of sp³-hybridized carbons (Fsp3) is 0.208. The van der Waals surface area contributed by atoms with Gasteiger partial charge in [0.05, 0.1) is 18.4 Å². The molecule has 0 bridgehead atoms. The molecule has 0 unspecified atom stereocenters. The van der Waals surface area contributed by atoms with Gasteiger partial charge in [0.15, 0.2) is 5.78 Å². The van der Waals surface area contributed by atoms with Crippen LogP contribution in [0.2, 0.25) is 0 Å². The molecule has 34 heavy (non-hydrogen) atoms. The molecule has 0 fully saturated rings. The predicted molar refractivity (Wildman–Crippen MR) is 122 cm³/mol. The Bertz CT molecular complexity index is 1330. The average Bonchev–Trinajstić information content (AvgIpc) is 3.41. The van der Waals surface area contributed by atoms with E-state index in [1.807, 2.05) is 0 Å². The Labute approximate surface area is 197 Å². The summed E-state index contributed by atoms with van der Waals surface area (Å²) in [4.78, 5) is 12.9. The van der Waals surface area contributed by atoms with Crippen LogP contribution in [-0.4, -0.2) is 33.4 Å². The van der Waals surface area contributed by atoms with Crippen molar-refractivity contribution in [2.45, 2.75) is 25.2 Å². The lowest BCUT2D eigenvalue weighted by molar-refractivity contribution is -0.137. The maximum absolute atomic E-state index is 13.1. The Hall–Kier alpha value is -3.53. The van der Waals surface area contributed by atoms with E-state index in [2.05, 4.69) is 10.2 Å². The first kappa shape index (κ1) is 23.6. The molecule has 0 saturated heterocycles. The van der Waals surface area contributed by atoms with E-state index in [9.17, 15) is 18.0 Å². The molecule has 0 amide bonds. The quantitative estimate of drug-likeness (QED) is 0.230. The standard InChI is InChI=1S/C24H20F3N3O3S/c1-14-11-20(15(2)30(14)18-6-4-5-17(12-18)24(25,26)27)21(31)13-34-23-29-28-22(33-23)16-7-9-19(32-3)10-8-16/h4-12H,13H2,1-3H3. The molecule has 2 heterocycles. The SMILES string of the molecule is COc1ccc(-c2nnc(SCC(=O)c3cc(C)n(-c4cccc(C(F)(F)F)c4)c3C)o2)cc1. The zero-order chi connectivity index (χ0) is 24.5. The molecule has 0 spiro atoms. The number of carbonyl (C=O) groups is 1. The molecule has 0 aliphatic heterocycles. The Morgan fingerprint density at radius 2 is 1.82 bits per heavy atom. The van der Waals surface area contributed by atoms with E-state index in [1.165, 1.54) is 6.07 Å². The molecule has 2 aromatic carbocycles. The first-order valence-electron chi connectivity index (χ1n) is 10.2. The zero-order valence-electron chi connectivity index (χ0n) is 18.5. The van der Waals surface area contributed by atoms with Crippen molar-refractivity contribution in [3.05, 3.63) is 77.1 Å². The summed E-state index contributed by atoms with van der Waals surface area (Å²) in [6, 6.07) is 13.8. The lowest BCUT2D eigenvalue weighted by Gasteiger charge is -2.13. The van der Waals surface area contributed by atoms with E-state index in [0.717, 1.165) is 29.5 Å². The highest BCUT2D eigenvalue weighted by molar-refractivity contribution is 7.99. The summed E-state index contributed by atoms with van der Waals surface area (Å²) < 4.78 is 51.8. The van der Waals surface area contributed by atoms with E-state index in [1.54, 1.807) is 61.9 Å². The summed E-state index contributed by atoms with van der Waals surface area (Å²) in [6.07, 6.45) is -4.45. The first-order chi connectivity index (χ1) is 16.2. The van der Waals surface area contributed by atoms with Gasteiger partial charge in [-0.1, -0.05) is 17.8 Å². The van der Waals surface area contributed by atoms with Gasteiger partial charge in [0, 0.05) is 28.2 Å². The Kier molecular flexibility index (Phi) is 6.52. The monoisotopic (exact) mass is 487 g/mol. The number of carbonyl (C=O) groups excluding carboxylic acids is 1. The Balaban J connectivity index is 1.49. The number of Topliss-reactive ketones (excluding diaryl/α,β-unsaturated/α-hetero) is 1. The Morgan fingerprint density at radius 3 is 2.50 bits per heavy atom. The molecule has 0 radical (unpaired) electrons. The molecule has 4 aromatic rings. The number of aromatic nitrogens is 3. The van der Waals surface area contributed by atoms with Crippen LogP contribution in [0.5, 0.6) is 5.75 Å². The predicted octanol–water partition coefficient (Wildman–Crippen LogP) is 6.15. The van der Waals surface area contributed by atoms with E-state index < -0.39 is 11.7 Å². The number of hydrogen-bond acceptors (Lipinski definition) is 6. The van der Waals surface area contributed by atoms with E-state index in [4.69, 9.17) is 9.15 Å². The summed E-state index contributed by atoms with van der Waals surface area (Å²) in [5, 5.41) is 8.23. The van der Waals surface area contributed by atoms with Crippen LogP contribution < -0.4 is 4.74 Å². The van der Waals surface area contributed by atoms with Gasteiger partial charge < -0.3 is 13.7 Å². The second-order valence-electron chi connectivity index (χ2n) is 7.48. The second-order valence-corrected chi connectivity index (χ2v) is 8.41. The van der Waals surface area contributed by atoms with Crippen molar-refractivity contribution in [3.8, 4) is 22.9 Å². The highest BCUT2D eigenvalue weighted by atomic mass is 32.2. The largest absolute Gasteiger partial charge is 0.497 e. The number of nitrogens with zero attached hydrogens (tertiary/aromatic N) is 3. The lowest BCUT2D eigenvalue weighted by atomic mass is 10.1. The van der Waals surface area contributed by atoms with Gasteiger partial charge in [-0.15, -0.1) is 10.2 Å². The second kappa shape index (κ2) is 9.38. The number of ether oxygens (including phenoxy) is 1. The molecule has 2 aromatic heterocycles. The number of alkyl halides is 3. The van der Waals surface area contributed by atoms with Gasteiger partial charge in [0.25, 0.3) is 5.22 Å². The number of methoxy groups -OCH3 is 1. The van der Waals surface area contributed by atoms with Crippen LogP contribution in [0.1, 0.15) is 27.3 Å². The molecule has 6 nitrogen and oxygen atoms in total. The number of ketones is 1. The molecule has 0 N–H and O–H groups in total.